The average molecular weight is 346 g/mol. The lowest BCUT2D eigenvalue weighted by atomic mass is 10.3. The van der Waals surface area contributed by atoms with Crippen LogP contribution in [-0.4, -0.2) is 9.97 Å². The highest BCUT2D eigenvalue weighted by Crippen LogP contribution is 2.22. The summed E-state index contributed by atoms with van der Waals surface area (Å²) in [5, 5.41) is 4.05. The van der Waals surface area contributed by atoms with Crippen molar-refractivity contribution in [3.05, 3.63) is 51.1 Å². The third-order valence-corrected chi connectivity index (χ3v) is 3.16. The highest BCUT2D eigenvalue weighted by atomic mass is 127. The van der Waals surface area contributed by atoms with E-state index in [9.17, 15) is 0 Å². The zero-order chi connectivity index (χ0) is 11.4. The number of aromatic nitrogens is 2. The Kier molecular flexibility index (Phi) is 3.95. The van der Waals surface area contributed by atoms with Gasteiger partial charge in [-0.05, 0) is 46.9 Å². The second kappa shape index (κ2) is 5.45. The van der Waals surface area contributed by atoms with Gasteiger partial charge in [0.2, 0.25) is 0 Å². The summed E-state index contributed by atoms with van der Waals surface area (Å²) in [7, 11) is 0. The molecule has 1 heterocycles. The van der Waals surface area contributed by atoms with Crippen molar-refractivity contribution in [1.29, 1.82) is 0 Å². The van der Waals surface area contributed by atoms with Crippen molar-refractivity contribution in [2.45, 2.75) is 6.54 Å². The number of nitrogens with one attached hydrogen (secondary N) is 1. The molecule has 0 spiro atoms. The normalized spacial score (nSPS) is 10.1. The van der Waals surface area contributed by atoms with Gasteiger partial charge in [-0.15, -0.1) is 0 Å². The zero-order valence-corrected chi connectivity index (χ0v) is 11.2. The van der Waals surface area contributed by atoms with E-state index in [0.29, 0.717) is 6.54 Å². The third kappa shape index (κ3) is 3.05. The number of halogens is 2. The Labute approximate surface area is 112 Å². The molecule has 0 atom stereocenters. The number of hydrogen-bond acceptors (Lipinski definition) is 3. The van der Waals surface area contributed by atoms with Gasteiger partial charge < -0.3 is 5.32 Å². The summed E-state index contributed by atoms with van der Waals surface area (Å²) in [5.74, 6) is 0. The van der Waals surface area contributed by atoms with E-state index in [1.807, 2.05) is 24.3 Å². The van der Waals surface area contributed by atoms with Gasteiger partial charge in [-0.1, -0.05) is 11.6 Å². The molecule has 0 fully saturated rings. The average Bonchev–Trinajstić information content (AvgIpc) is 2.29. The van der Waals surface area contributed by atoms with E-state index >= 15 is 0 Å². The van der Waals surface area contributed by atoms with E-state index in [1.165, 1.54) is 0 Å². The van der Waals surface area contributed by atoms with E-state index in [0.717, 1.165) is 20.0 Å². The maximum atomic E-state index is 5.88. The number of hydrogen-bond donors (Lipinski definition) is 1. The smallest absolute Gasteiger partial charge is 0.115 e. The Balaban J connectivity index is 2.05. The Morgan fingerprint density at radius 3 is 2.88 bits per heavy atom. The number of benzene rings is 1. The fourth-order valence-electron chi connectivity index (χ4n) is 1.24. The van der Waals surface area contributed by atoms with Gasteiger partial charge in [0, 0.05) is 20.5 Å². The highest BCUT2D eigenvalue weighted by molar-refractivity contribution is 14.1. The summed E-state index contributed by atoms with van der Waals surface area (Å²) in [6.07, 6.45) is 3.28. The topological polar surface area (TPSA) is 37.8 Å². The molecule has 0 saturated carbocycles. The molecule has 1 aromatic heterocycles. The van der Waals surface area contributed by atoms with E-state index in [2.05, 4.69) is 37.9 Å². The van der Waals surface area contributed by atoms with Crippen molar-refractivity contribution in [2.75, 3.05) is 5.32 Å². The largest absolute Gasteiger partial charge is 0.379 e. The zero-order valence-electron chi connectivity index (χ0n) is 8.32. The predicted octanol–water partition coefficient (Wildman–Crippen LogP) is 3.35. The molecular formula is C11H9ClIN3. The second-order valence-corrected chi connectivity index (χ2v) is 4.78. The first-order valence-electron chi connectivity index (χ1n) is 4.69. The SMILES string of the molecule is Clc1ccc(NCc2ccncn2)c(I)c1. The summed E-state index contributed by atoms with van der Waals surface area (Å²) < 4.78 is 1.10. The Bertz CT molecular complexity index is 476. The first kappa shape index (κ1) is 11.6. The summed E-state index contributed by atoms with van der Waals surface area (Å²) in [6.45, 7) is 0.681. The summed E-state index contributed by atoms with van der Waals surface area (Å²) >= 11 is 8.13. The molecule has 0 unspecified atom stereocenters. The van der Waals surface area contributed by atoms with Crippen LogP contribution in [0.4, 0.5) is 5.69 Å². The van der Waals surface area contributed by atoms with Crippen LogP contribution in [0.5, 0.6) is 0 Å². The molecule has 0 bridgehead atoms. The molecule has 0 amide bonds. The fraction of sp³-hybridized carbons (Fsp3) is 0.0909. The van der Waals surface area contributed by atoms with Crippen LogP contribution in [0.2, 0.25) is 5.02 Å². The lowest BCUT2D eigenvalue weighted by Crippen LogP contribution is -2.02. The molecular weight excluding hydrogens is 336 g/mol. The van der Waals surface area contributed by atoms with E-state index in [1.54, 1.807) is 12.5 Å². The maximum absolute atomic E-state index is 5.88. The van der Waals surface area contributed by atoms with Crippen LogP contribution >= 0.6 is 34.2 Å². The van der Waals surface area contributed by atoms with Gasteiger partial charge in [-0.3, -0.25) is 0 Å². The summed E-state index contributed by atoms with van der Waals surface area (Å²) in [5.41, 5.74) is 2.02. The molecule has 0 aliphatic heterocycles. The monoisotopic (exact) mass is 345 g/mol. The van der Waals surface area contributed by atoms with Crippen LogP contribution < -0.4 is 5.32 Å². The van der Waals surface area contributed by atoms with Gasteiger partial charge in [0.05, 0.1) is 12.2 Å². The molecule has 0 aliphatic carbocycles. The lowest BCUT2D eigenvalue weighted by Gasteiger charge is -2.08. The first-order valence-corrected chi connectivity index (χ1v) is 6.15. The minimum absolute atomic E-state index is 0.681. The Morgan fingerprint density at radius 1 is 1.31 bits per heavy atom. The molecule has 82 valence electrons. The van der Waals surface area contributed by atoms with Crippen LogP contribution in [0.25, 0.3) is 0 Å². The van der Waals surface area contributed by atoms with Crippen molar-refractivity contribution in [1.82, 2.24) is 9.97 Å². The second-order valence-electron chi connectivity index (χ2n) is 3.18. The van der Waals surface area contributed by atoms with Gasteiger partial charge in [-0.2, -0.15) is 0 Å². The molecule has 5 heteroatoms. The maximum Gasteiger partial charge on any atom is 0.115 e. The molecule has 0 radical (unpaired) electrons. The Morgan fingerprint density at radius 2 is 2.19 bits per heavy atom. The number of anilines is 1. The highest BCUT2D eigenvalue weighted by Gasteiger charge is 2.00. The quantitative estimate of drug-likeness (QED) is 0.867. The molecule has 16 heavy (non-hydrogen) atoms. The van der Waals surface area contributed by atoms with Gasteiger partial charge in [-0.25, -0.2) is 9.97 Å². The van der Waals surface area contributed by atoms with Gasteiger partial charge in [0.1, 0.15) is 6.33 Å². The summed E-state index contributed by atoms with van der Waals surface area (Å²) in [6, 6.07) is 7.64. The van der Waals surface area contributed by atoms with Crippen LogP contribution in [-0.2, 0) is 6.54 Å². The van der Waals surface area contributed by atoms with Crippen LogP contribution in [0, 0.1) is 3.57 Å². The Hall–Kier alpha value is -0.880. The van der Waals surface area contributed by atoms with Gasteiger partial charge >= 0.3 is 0 Å². The standard InChI is InChI=1S/C11H9ClIN3/c12-8-1-2-11(10(13)5-8)15-6-9-3-4-14-7-16-9/h1-5,7,15H,6H2. The van der Waals surface area contributed by atoms with E-state index in [-0.39, 0.29) is 0 Å². The van der Waals surface area contributed by atoms with E-state index < -0.39 is 0 Å². The minimum atomic E-state index is 0.681. The third-order valence-electron chi connectivity index (χ3n) is 2.03. The van der Waals surface area contributed by atoms with Crippen molar-refractivity contribution in [2.24, 2.45) is 0 Å². The van der Waals surface area contributed by atoms with Crippen molar-refractivity contribution >= 4 is 39.9 Å². The van der Waals surface area contributed by atoms with E-state index in [4.69, 9.17) is 11.6 Å². The minimum Gasteiger partial charge on any atom is -0.379 e. The molecule has 2 aromatic rings. The summed E-state index contributed by atoms with van der Waals surface area (Å²) in [4.78, 5) is 8.01. The van der Waals surface area contributed by atoms with Gasteiger partial charge in [0.15, 0.2) is 0 Å². The number of nitrogens with zero attached hydrogens (tertiary/aromatic N) is 2. The lowest BCUT2D eigenvalue weighted by molar-refractivity contribution is 1.01. The van der Waals surface area contributed by atoms with Crippen LogP contribution in [0.3, 0.4) is 0 Å². The van der Waals surface area contributed by atoms with Crippen LogP contribution in [0.1, 0.15) is 5.69 Å². The fourth-order valence-corrected chi connectivity index (χ4v) is 2.30. The molecule has 1 N–H and O–H groups in total. The molecule has 0 aliphatic rings. The van der Waals surface area contributed by atoms with Crippen molar-refractivity contribution in [3.63, 3.8) is 0 Å². The first-order chi connectivity index (χ1) is 7.75. The number of rotatable bonds is 3. The molecule has 0 saturated heterocycles. The van der Waals surface area contributed by atoms with Crippen LogP contribution in [0.15, 0.2) is 36.8 Å². The van der Waals surface area contributed by atoms with Gasteiger partial charge in [0.25, 0.3) is 0 Å². The molecule has 3 nitrogen and oxygen atoms in total. The molecule has 2 rings (SSSR count). The van der Waals surface area contributed by atoms with Crippen molar-refractivity contribution in [3.8, 4) is 0 Å². The molecule has 1 aromatic carbocycles. The predicted molar refractivity (Wildman–Crippen MR) is 73.5 cm³/mol. The van der Waals surface area contributed by atoms with Crippen molar-refractivity contribution < 1.29 is 0 Å².